The van der Waals surface area contributed by atoms with E-state index in [4.69, 9.17) is 26.3 Å². The molecule has 44 heavy (non-hydrogen) atoms. The third kappa shape index (κ3) is 3.80. The van der Waals surface area contributed by atoms with Crippen molar-refractivity contribution in [3.05, 3.63) is 157 Å². The van der Waals surface area contributed by atoms with Gasteiger partial charge in [-0.2, -0.15) is 0 Å². The van der Waals surface area contributed by atoms with Crippen LogP contribution in [-0.4, -0.2) is 0 Å². The summed E-state index contributed by atoms with van der Waals surface area (Å²) < 4.78 is 229. The molecule has 0 saturated heterocycles. The van der Waals surface area contributed by atoms with Crippen LogP contribution in [0.1, 0.15) is 39.8 Å². The third-order valence-electron chi connectivity index (χ3n) is 7.20. The van der Waals surface area contributed by atoms with Gasteiger partial charge in [0.05, 0.1) is 34.3 Å². The summed E-state index contributed by atoms with van der Waals surface area (Å²) >= 11 is 0. The first kappa shape index (κ1) is 10.5. The molecule has 206 valence electrons. The highest BCUT2D eigenvalue weighted by atomic mass is 16.3. The van der Waals surface area contributed by atoms with E-state index >= 15 is 0 Å². The Hall–Kier alpha value is -5.66. The molecule has 1 aromatic heterocycles. The minimum Gasteiger partial charge on any atom is -0.456 e. The molecule has 0 aliphatic carbocycles. The standard InChI is InChI=1S/C43H28O/c1-27-18-21-38-39(24-27)43(37-16-8-7-15-36(37)42(38)29-11-3-2-4-12-29)31-20-23-35-34-22-19-30(25-40(34)44-41(35)26-31)33-17-9-13-28-10-5-6-14-32(28)33/h2-26H,1H3/i2D,3D,4D,5D,6D,7D,8D,9D,10D,11D,12D,13D,14D,15D,16D,17D,18D,19D,20D,21D,22D,23D,24D,25D,26D. The van der Waals surface area contributed by atoms with Gasteiger partial charge in [-0.3, -0.25) is 0 Å². The third-order valence-corrected chi connectivity index (χ3v) is 7.20. The second kappa shape index (κ2) is 9.69. The molecule has 0 aliphatic heterocycles. The minimum absolute atomic E-state index is 0.191. The quantitative estimate of drug-likeness (QED) is 0.188. The van der Waals surface area contributed by atoms with Gasteiger partial charge in [-0.15, -0.1) is 0 Å². The van der Waals surface area contributed by atoms with E-state index < -0.39 is 239 Å². The SMILES string of the molecule is [2H]c1c([2H])c([2H])c(-c2c3c([2H])c([2H])c([2H])c([2H])c3c(-c3c([2H])c([2H])c4c(oc5c([2H])c(-c6c([2H])c([2H])c([2H])c7c([2H])c([2H])c([2H])c([2H])c67)c([2H])c([2H])c54)c3[2H])c3c([2H])c(C)c([2H])c([2H])c23)c([2H])c1[2H]. The van der Waals surface area contributed by atoms with Crippen molar-refractivity contribution in [1.29, 1.82) is 0 Å². The van der Waals surface area contributed by atoms with Crippen LogP contribution in [-0.2, 0) is 0 Å². The lowest BCUT2D eigenvalue weighted by Crippen LogP contribution is -1.91. The molecule has 0 fully saturated rings. The highest BCUT2D eigenvalue weighted by Crippen LogP contribution is 2.45. The molecule has 0 radical (unpaired) electrons. The van der Waals surface area contributed by atoms with Crippen molar-refractivity contribution in [2.75, 3.05) is 0 Å². The summed E-state index contributed by atoms with van der Waals surface area (Å²) in [7, 11) is 0. The Morgan fingerprint density at radius 3 is 1.75 bits per heavy atom. The Balaban J connectivity index is 1.53. The van der Waals surface area contributed by atoms with Gasteiger partial charge in [0, 0.05) is 10.8 Å². The van der Waals surface area contributed by atoms with Crippen LogP contribution < -0.4 is 0 Å². The Morgan fingerprint density at radius 1 is 0.409 bits per heavy atom. The molecule has 0 aliphatic rings. The van der Waals surface area contributed by atoms with Crippen molar-refractivity contribution >= 4 is 54.3 Å². The maximum Gasteiger partial charge on any atom is 0.136 e. The summed E-state index contributed by atoms with van der Waals surface area (Å²) in [6.45, 7) is 1.28. The van der Waals surface area contributed by atoms with Crippen LogP contribution in [0.15, 0.2) is 155 Å². The summed E-state index contributed by atoms with van der Waals surface area (Å²) in [5.41, 5.74) is -5.14. The van der Waals surface area contributed by atoms with E-state index in [1.54, 1.807) is 0 Å². The van der Waals surface area contributed by atoms with E-state index in [-0.39, 0.29) is 5.56 Å². The van der Waals surface area contributed by atoms with Gasteiger partial charge in [0.15, 0.2) is 0 Å². The molecule has 1 heterocycles. The van der Waals surface area contributed by atoms with E-state index in [9.17, 15) is 12.3 Å². The minimum atomic E-state index is -0.902. The van der Waals surface area contributed by atoms with Gasteiger partial charge in [0.1, 0.15) is 11.2 Å². The molecule has 1 nitrogen and oxygen atoms in total. The Morgan fingerprint density at radius 2 is 0.977 bits per heavy atom. The average molecular weight is 586 g/mol. The van der Waals surface area contributed by atoms with Gasteiger partial charge >= 0.3 is 0 Å². The molecule has 0 atom stereocenters. The smallest absolute Gasteiger partial charge is 0.136 e. The van der Waals surface area contributed by atoms with Crippen LogP contribution in [0.3, 0.4) is 0 Å². The summed E-state index contributed by atoms with van der Waals surface area (Å²) in [5, 5.41) is -4.17. The lowest BCUT2D eigenvalue weighted by Gasteiger charge is -2.18. The summed E-state index contributed by atoms with van der Waals surface area (Å²) in [5.74, 6) is 0. The molecule has 0 bridgehead atoms. The van der Waals surface area contributed by atoms with Crippen molar-refractivity contribution in [2.24, 2.45) is 0 Å². The molecule has 1 heteroatoms. The zero-order chi connectivity index (χ0) is 51.0. The van der Waals surface area contributed by atoms with Gasteiger partial charge in [-0.1, -0.05) is 132 Å². The normalized spacial score (nSPS) is 19.7. The molecular weight excluding hydrogens is 532 g/mol. The molecule has 0 saturated carbocycles. The maximum atomic E-state index is 9.71. The topological polar surface area (TPSA) is 13.1 Å². The lowest BCUT2D eigenvalue weighted by molar-refractivity contribution is 0.669. The zero-order valence-corrected chi connectivity index (χ0v) is 22.4. The summed E-state index contributed by atoms with van der Waals surface area (Å²) in [6.07, 6.45) is 0. The molecule has 0 N–H and O–H groups in total. The molecule has 9 aromatic rings. The lowest BCUT2D eigenvalue weighted by atomic mass is 9.85. The largest absolute Gasteiger partial charge is 0.456 e. The first-order valence-electron chi connectivity index (χ1n) is 25.7. The van der Waals surface area contributed by atoms with Crippen LogP contribution in [0.4, 0.5) is 0 Å². The van der Waals surface area contributed by atoms with Crippen molar-refractivity contribution in [3.63, 3.8) is 0 Å². The van der Waals surface area contributed by atoms with E-state index in [0.29, 0.717) is 0 Å². The number of benzene rings is 8. The fraction of sp³-hybridized carbons (Fsp3) is 0.0233. The van der Waals surface area contributed by atoms with Crippen LogP contribution in [0, 0.1) is 6.92 Å². The van der Waals surface area contributed by atoms with Gasteiger partial charge in [-0.05, 0) is 96.8 Å². The van der Waals surface area contributed by atoms with Crippen LogP contribution >= 0.6 is 0 Å². The second-order valence-electron chi connectivity index (χ2n) is 9.76. The van der Waals surface area contributed by atoms with E-state index in [1.165, 1.54) is 6.92 Å². The van der Waals surface area contributed by atoms with Crippen LogP contribution in [0.5, 0.6) is 0 Å². The molecule has 8 aromatic carbocycles. The first-order valence-corrected chi connectivity index (χ1v) is 13.2. The molecule has 9 rings (SSSR count). The number of rotatable bonds is 3. The van der Waals surface area contributed by atoms with Crippen molar-refractivity contribution in [2.45, 2.75) is 6.92 Å². The van der Waals surface area contributed by atoms with Crippen molar-refractivity contribution in [1.82, 2.24) is 0 Å². The second-order valence-corrected chi connectivity index (χ2v) is 9.76. The number of hydrogen-bond donors (Lipinski definition) is 0. The van der Waals surface area contributed by atoms with E-state index in [2.05, 4.69) is 0 Å². The molecule has 0 unspecified atom stereocenters. The predicted molar refractivity (Wildman–Crippen MR) is 187 cm³/mol. The van der Waals surface area contributed by atoms with Crippen molar-refractivity contribution in [3.8, 4) is 33.4 Å². The summed E-state index contributed by atoms with van der Waals surface area (Å²) in [4.78, 5) is 0. The monoisotopic (exact) mass is 585 g/mol. The number of fused-ring (bicyclic) bond motifs is 6. The van der Waals surface area contributed by atoms with Crippen molar-refractivity contribution < 1.29 is 38.7 Å². The summed E-state index contributed by atoms with van der Waals surface area (Å²) in [6, 6.07) is -20.4. The first-order chi connectivity index (χ1) is 32.2. The Labute approximate surface area is 290 Å². The molecular formula is C43H28O. The average Bonchev–Trinajstić information content (AvgIpc) is 3.73. The number of furan rings is 1. The zero-order valence-electron chi connectivity index (χ0n) is 47.4. The Kier molecular flexibility index (Phi) is 2.31. The van der Waals surface area contributed by atoms with Gasteiger partial charge in [0.2, 0.25) is 0 Å². The number of hydrogen-bond acceptors (Lipinski definition) is 1. The van der Waals surface area contributed by atoms with E-state index in [0.717, 1.165) is 0 Å². The van der Waals surface area contributed by atoms with E-state index in [1.807, 2.05) is 0 Å². The van der Waals surface area contributed by atoms with Crippen LogP contribution in [0.2, 0.25) is 0 Å². The highest BCUT2D eigenvalue weighted by molar-refractivity contribution is 6.22. The van der Waals surface area contributed by atoms with Gasteiger partial charge < -0.3 is 4.42 Å². The highest BCUT2D eigenvalue weighted by Gasteiger charge is 2.18. The van der Waals surface area contributed by atoms with Gasteiger partial charge in [-0.25, -0.2) is 0 Å². The fourth-order valence-electron chi connectivity index (χ4n) is 5.32. The Bertz CT molecular complexity index is 3850. The predicted octanol–water partition coefficient (Wildman–Crippen LogP) is 12.4. The molecule has 0 amide bonds. The van der Waals surface area contributed by atoms with Crippen LogP contribution in [0.25, 0.3) is 87.6 Å². The van der Waals surface area contributed by atoms with Gasteiger partial charge in [0.25, 0.3) is 0 Å². The maximum absolute atomic E-state index is 9.71. The molecule has 0 spiro atoms. The fourth-order valence-corrected chi connectivity index (χ4v) is 5.32.